The van der Waals surface area contributed by atoms with Gasteiger partial charge in [0, 0.05) is 12.7 Å². The van der Waals surface area contributed by atoms with Crippen LogP contribution in [0.3, 0.4) is 0 Å². The summed E-state index contributed by atoms with van der Waals surface area (Å²) in [5.41, 5.74) is 3.47. The molecule has 0 aliphatic heterocycles. The van der Waals surface area contributed by atoms with Gasteiger partial charge in [0.1, 0.15) is 5.69 Å². The lowest BCUT2D eigenvalue weighted by molar-refractivity contribution is 0.0559. The molecule has 1 aromatic carbocycles. The van der Waals surface area contributed by atoms with Crippen LogP contribution in [0.25, 0.3) is 11.5 Å². The van der Waals surface area contributed by atoms with Gasteiger partial charge in [0.25, 0.3) is 0 Å². The van der Waals surface area contributed by atoms with E-state index in [0.717, 1.165) is 16.7 Å². The molecule has 0 amide bonds. The highest BCUT2D eigenvalue weighted by Crippen LogP contribution is 2.25. The minimum Gasteiger partial charge on any atom is -0.463 e. The molecular formula is C15H17NO4. The molecule has 5 nitrogen and oxygen atoms in total. The van der Waals surface area contributed by atoms with Crippen LogP contribution in [0, 0.1) is 13.8 Å². The number of carbonyl (C=O) groups is 1. The van der Waals surface area contributed by atoms with Crippen molar-refractivity contribution < 1.29 is 18.7 Å². The van der Waals surface area contributed by atoms with Crippen LogP contribution in [0.4, 0.5) is 0 Å². The number of ether oxygens (including phenoxy) is 2. The summed E-state index contributed by atoms with van der Waals surface area (Å²) in [6.45, 7) is 4.19. The summed E-state index contributed by atoms with van der Waals surface area (Å²) in [5, 5.41) is 0. The molecule has 0 spiro atoms. The van der Waals surface area contributed by atoms with Crippen LogP contribution < -0.4 is 0 Å². The van der Waals surface area contributed by atoms with Gasteiger partial charge in [-0.3, -0.25) is 0 Å². The van der Waals surface area contributed by atoms with Crippen molar-refractivity contribution in [1.29, 1.82) is 0 Å². The lowest BCUT2D eigenvalue weighted by Crippen LogP contribution is -2.04. The lowest BCUT2D eigenvalue weighted by Gasteiger charge is -2.00. The van der Waals surface area contributed by atoms with Crippen molar-refractivity contribution in [2.75, 3.05) is 14.2 Å². The molecule has 0 aliphatic rings. The minimum atomic E-state index is -0.555. The number of benzene rings is 1. The first kappa shape index (κ1) is 14.3. The van der Waals surface area contributed by atoms with Gasteiger partial charge in [-0.25, -0.2) is 9.78 Å². The molecule has 5 heteroatoms. The molecular weight excluding hydrogens is 258 g/mol. The van der Waals surface area contributed by atoms with Crippen molar-refractivity contribution in [3.8, 4) is 11.5 Å². The van der Waals surface area contributed by atoms with E-state index < -0.39 is 5.97 Å². The highest BCUT2D eigenvalue weighted by Gasteiger charge is 2.21. The summed E-state index contributed by atoms with van der Waals surface area (Å²) in [5.74, 6) is -0.0760. The van der Waals surface area contributed by atoms with Crippen LogP contribution >= 0.6 is 0 Å². The Morgan fingerprint density at radius 1 is 1.20 bits per heavy atom. The Bertz CT molecular complexity index is 611. The van der Waals surface area contributed by atoms with Gasteiger partial charge in [-0.2, -0.15) is 0 Å². The van der Waals surface area contributed by atoms with Crippen molar-refractivity contribution in [2.45, 2.75) is 20.5 Å². The van der Waals surface area contributed by atoms with Crippen LogP contribution in [0.2, 0.25) is 0 Å². The quantitative estimate of drug-likeness (QED) is 0.803. The molecule has 2 rings (SSSR count). The predicted molar refractivity (Wildman–Crippen MR) is 73.5 cm³/mol. The average molecular weight is 275 g/mol. The Morgan fingerprint density at radius 3 is 2.40 bits per heavy atom. The SMILES string of the molecule is COCc1nc(-c2cc(C)cc(C)c2)oc1C(=O)OC. The lowest BCUT2D eigenvalue weighted by atomic mass is 10.1. The second kappa shape index (κ2) is 5.88. The number of hydrogen-bond acceptors (Lipinski definition) is 5. The van der Waals surface area contributed by atoms with Gasteiger partial charge in [-0.15, -0.1) is 0 Å². The van der Waals surface area contributed by atoms with Crippen LogP contribution in [0.1, 0.15) is 27.4 Å². The third-order valence-electron chi connectivity index (χ3n) is 2.82. The van der Waals surface area contributed by atoms with E-state index in [0.29, 0.717) is 11.6 Å². The summed E-state index contributed by atoms with van der Waals surface area (Å²) in [4.78, 5) is 16.0. The maximum absolute atomic E-state index is 11.7. The highest BCUT2D eigenvalue weighted by atomic mass is 16.5. The molecule has 0 fully saturated rings. The Labute approximate surface area is 117 Å². The Hall–Kier alpha value is -2.14. The van der Waals surface area contributed by atoms with Gasteiger partial charge in [0.2, 0.25) is 11.7 Å². The van der Waals surface area contributed by atoms with E-state index in [2.05, 4.69) is 11.1 Å². The number of aromatic nitrogens is 1. The van der Waals surface area contributed by atoms with Crippen molar-refractivity contribution in [2.24, 2.45) is 0 Å². The molecule has 2 aromatic rings. The second-order valence-electron chi connectivity index (χ2n) is 4.60. The van der Waals surface area contributed by atoms with Crippen LogP contribution in [0.15, 0.2) is 22.6 Å². The number of methoxy groups -OCH3 is 2. The Balaban J connectivity index is 2.49. The zero-order valence-electron chi connectivity index (χ0n) is 12.0. The minimum absolute atomic E-state index is 0.0866. The number of oxazole rings is 1. The molecule has 0 bridgehead atoms. The molecule has 0 unspecified atom stereocenters. The van der Waals surface area contributed by atoms with Crippen molar-refractivity contribution in [1.82, 2.24) is 4.98 Å². The Morgan fingerprint density at radius 2 is 1.85 bits per heavy atom. The second-order valence-corrected chi connectivity index (χ2v) is 4.60. The first-order valence-electron chi connectivity index (χ1n) is 6.20. The maximum atomic E-state index is 11.7. The van der Waals surface area contributed by atoms with E-state index in [4.69, 9.17) is 13.9 Å². The zero-order valence-corrected chi connectivity index (χ0v) is 12.0. The summed E-state index contributed by atoms with van der Waals surface area (Å²) in [7, 11) is 2.84. The van der Waals surface area contributed by atoms with Gasteiger partial charge < -0.3 is 13.9 Å². The summed E-state index contributed by atoms with van der Waals surface area (Å²) < 4.78 is 15.3. The molecule has 0 aliphatic carbocycles. The number of aryl methyl sites for hydroxylation is 2. The molecule has 106 valence electrons. The topological polar surface area (TPSA) is 61.6 Å². The first-order chi connectivity index (χ1) is 9.55. The normalized spacial score (nSPS) is 10.6. The molecule has 1 aromatic heterocycles. The highest BCUT2D eigenvalue weighted by molar-refractivity contribution is 5.87. The van der Waals surface area contributed by atoms with E-state index in [9.17, 15) is 4.79 Å². The van der Waals surface area contributed by atoms with Crippen LogP contribution in [-0.4, -0.2) is 25.2 Å². The molecule has 0 saturated carbocycles. The fourth-order valence-corrected chi connectivity index (χ4v) is 2.06. The Kier molecular flexibility index (Phi) is 4.20. The number of nitrogens with zero attached hydrogens (tertiary/aromatic N) is 1. The summed E-state index contributed by atoms with van der Waals surface area (Å²) in [6, 6.07) is 5.97. The molecule has 0 radical (unpaired) electrons. The van der Waals surface area contributed by atoms with Crippen molar-refractivity contribution >= 4 is 5.97 Å². The van der Waals surface area contributed by atoms with Gasteiger partial charge in [0.05, 0.1) is 13.7 Å². The first-order valence-corrected chi connectivity index (χ1v) is 6.20. The average Bonchev–Trinajstić information content (AvgIpc) is 2.81. The number of rotatable bonds is 4. The van der Waals surface area contributed by atoms with Crippen LogP contribution in [0.5, 0.6) is 0 Å². The summed E-state index contributed by atoms with van der Waals surface area (Å²) >= 11 is 0. The van der Waals surface area contributed by atoms with Gasteiger partial charge in [0.15, 0.2) is 0 Å². The zero-order chi connectivity index (χ0) is 14.7. The van der Waals surface area contributed by atoms with Gasteiger partial charge in [-0.05, 0) is 26.0 Å². The van der Waals surface area contributed by atoms with E-state index in [-0.39, 0.29) is 12.4 Å². The third kappa shape index (κ3) is 2.88. The summed E-state index contributed by atoms with van der Waals surface area (Å²) in [6.07, 6.45) is 0. The largest absolute Gasteiger partial charge is 0.463 e. The fraction of sp³-hybridized carbons (Fsp3) is 0.333. The van der Waals surface area contributed by atoms with E-state index >= 15 is 0 Å². The standard InChI is InChI=1S/C15H17NO4/c1-9-5-10(2)7-11(6-9)14-16-12(8-18-3)13(20-14)15(17)19-4/h5-7H,8H2,1-4H3. The molecule has 0 saturated heterocycles. The van der Waals surface area contributed by atoms with E-state index in [1.54, 1.807) is 0 Å². The number of carbonyl (C=O) groups excluding carboxylic acids is 1. The maximum Gasteiger partial charge on any atom is 0.376 e. The smallest absolute Gasteiger partial charge is 0.376 e. The van der Waals surface area contributed by atoms with E-state index in [1.807, 2.05) is 26.0 Å². The van der Waals surface area contributed by atoms with Crippen molar-refractivity contribution in [3.05, 3.63) is 40.8 Å². The van der Waals surface area contributed by atoms with Crippen molar-refractivity contribution in [3.63, 3.8) is 0 Å². The molecule has 1 heterocycles. The van der Waals surface area contributed by atoms with Gasteiger partial charge >= 0.3 is 5.97 Å². The number of esters is 1. The van der Waals surface area contributed by atoms with Crippen LogP contribution in [-0.2, 0) is 16.1 Å². The van der Waals surface area contributed by atoms with Gasteiger partial charge in [-0.1, -0.05) is 17.2 Å². The fourth-order valence-electron chi connectivity index (χ4n) is 2.06. The third-order valence-corrected chi connectivity index (χ3v) is 2.82. The molecule has 0 N–H and O–H groups in total. The number of hydrogen-bond donors (Lipinski definition) is 0. The molecule has 0 atom stereocenters. The van der Waals surface area contributed by atoms with E-state index in [1.165, 1.54) is 14.2 Å². The molecule has 20 heavy (non-hydrogen) atoms. The predicted octanol–water partition coefficient (Wildman–Crippen LogP) is 2.89. The monoisotopic (exact) mass is 275 g/mol.